The first-order valence-electron chi connectivity index (χ1n) is 8.95. The Morgan fingerprint density at radius 2 is 1.68 bits per heavy atom. The van der Waals surface area contributed by atoms with Crippen LogP contribution in [0.1, 0.15) is 10.4 Å². The number of esters is 1. The highest BCUT2D eigenvalue weighted by molar-refractivity contribution is 6.05. The number of hydrogen-bond acceptors (Lipinski definition) is 6. The monoisotopic (exact) mass is 433 g/mol. The van der Waals surface area contributed by atoms with Gasteiger partial charge in [-0.05, 0) is 36.4 Å². The lowest BCUT2D eigenvalue weighted by molar-refractivity contribution is -0.148. The van der Waals surface area contributed by atoms with E-state index in [2.05, 4.69) is 4.74 Å². The topological polar surface area (TPSA) is 109 Å². The Morgan fingerprint density at radius 1 is 1.03 bits per heavy atom. The van der Waals surface area contributed by atoms with Crippen LogP contribution in [-0.2, 0) is 27.9 Å². The molecule has 0 spiro atoms. The molecule has 1 heterocycles. The summed E-state index contributed by atoms with van der Waals surface area (Å²) in [7, 11) is 1.57. The van der Waals surface area contributed by atoms with Crippen molar-refractivity contribution >= 4 is 28.8 Å². The molecule has 2 amide bonds. The minimum Gasteiger partial charge on any atom is -0.454 e. The number of alkyl halides is 2. The van der Waals surface area contributed by atoms with Gasteiger partial charge >= 0.3 is 18.3 Å². The second-order valence-corrected chi connectivity index (χ2v) is 6.36. The second-order valence-electron chi connectivity index (χ2n) is 6.36. The van der Waals surface area contributed by atoms with Gasteiger partial charge in [-0.1, -0.05) is 12.1 Å². The maximum absolute atomic E-state index is 12.3. The summed E-state index contributed by atoms with van der Waals surface area (Å²) in [6.07, 6.45) is 0. The Bertz CT molecular complexity index is 1180. The van der Waals surface area contributed by atoms with Crippen molar-refractivity contribution in [3.05, 3.63) is 64.6 Å². The molecule has 0 aliphatic heterocycles. The number of amides is 2. The molecule has 3 rings (SSSR count). The maximum atomic E-state index is 12.3. The van der Waals surface area contributed by atoms with Crippen molar-refractivity contribution in [3.63, 3.8) is 0 Å². The summed E-state index contributed by atoms with van der Waals surface area (Å²) in [5, 5.41) is 2.00. The lowest BCUT2D eigenvalue weighted by atomic mass is 10.2. The van der Waals surface area contributed by atoms with Crippen LogP contribution in [0.3, 0.4) is 0 Å². The second kappa shape index (κ2) is 9.20. The zero-order valence-electron chi connectivity index (χ0n) is 16.2. The number of imide groups is 1. The van der Waals surface area contributed by atoms with E-state index < -0.39 is 43.2 Å². The van der Waals surface area contributed by atoms with Gasteiger partial charge in [-0.2, -0.15) is 8.78 Å². The van der Waals surface area contributed by atoms with Crippen molar-refractivity contribution in [2.75, 3.05) is 6.61 Å². The SMILES string of the molecule is Cn1c(=O)n(CC(=O)OCC(=O)NC(=O)c2ccc(OC(F)F)cc2)c2ccccc21. The van der Waals surface area contributed by atoms with Crippen LogP contribution in [0, 0.1) is 0 Å². The molecule has 1 N–H and O–H groups in total. The molecule has 9 nitrogen and oxygen atoms in total. The van der Waals surface area contributed by atoms with Gasteiger partial charge in [-0.25, -0.2) is 4.79 Å². The summed E-state index contributed by atoms with van der Waals surface area (Å²) in [6, 6.07) is 11.6. The van der Waals surface area contributed by atoms with E-state index >= 15 is 0 Å². The van der Waals surface area contributed by atoms with Crippen molar-refractivity contribution in [2.45, 2.75) is 13.2 Å². The first-order valence-corrected chi connectivity index (χ1v) is 8.95. The van der Waals surface area contributed by atoms with Gasteiger partial charge in [0.05, 0.1) is 11.0 Å². The van der Waals surface area contributed by atoms with E-state index in [-0.39, 0.29) is 11.3 Å². The highest BCUT2D eigenvalue weighted by atomic mass is 19.3. The van der Waals surface area contributed by atoms with Crippen LogP contribution in [0.5, 0.6) is 5.75 Å². The van der Waals surface area contributed by atoms with Crippen LogP contribution in [-0.4, -0.2) is 40.1 Å². The third-order valence-corrected chi connectivity index (χ3v) is 4.30. The first-order chi connectivity index (χ1) is 14.8. The van der Waals surface area contributed by atoms with Crippen LogP contribution in [0.2, 0.25) is 0 Å². The van der Waals surface area contributed by atoms with Gasteiger partial charge in [0.1, 0.15) is 12.3 Å². The van der Waals surface area contributed by atoms with Crippen molar-refractivity contribution in [1.29, 1.82) is 0 Å². The Kier molecular flexibility index (Phi) is 6.43. The molecule has 3 aromatic rings. The molecule has 0 atom stereocenters. The molecule has 2 aromatic carbocycles. The van der Waals surface area contributed by atoms with Crippen molar-refractivity contribution in [2.24, 2.45) is 7.05 Å². The molecule has 11 heteroatoms. The maximum Gasteiger partial charge on any atom is 0.387 e. The van der Waals surface area contributed by atoms with E-state index in [0.717, 1.165) is 12.1 Å². The number of imidazole rings is 1. The summed E-state index contributed by atoms with van der Waals surface area (Å²) in [5.41, 5.74) is 0.764. The molecule has 0 saturated heterocycles. The third-order valence-electron chi connectivity index (χ3n) is 4.30. The predicted octanol–water partition coefficient (Wildman–Crippen LogP) is 1.44. The molecule has 1 aromatic heterocycles. The molecule has 0 radical (unpaired) electrons. The van der Waals surface area contributed by atoms with E-state index in [1.165, 1.54) is 21.3 Å². The first kappa shape index (κ1) is 21.7. The molecular formula is C20H17F2N3O6. The number of ether oxygens (including phenoxy) is 2. The molecule has 31 heavy (non-hydrogen) atoms. The number of rotatable bonds is 7. The van der Waals surface area contributed by atoms with Crippen LogP contribution in [0.15, 0.2) is 53.3 Å². The number of aromatic nitrogens is 2. The Labute approximate surface area is 173 Å². The zero-order chi connectivity index (χ0) is 22.5. The van der Waals surface area contributed by atoms with Gasteiger partial charge in [0.2, 0.25) is 0 Å². The van der Waals surface area contributed by atoms with Crippen molar-refractivity contribution in [3.8, 4) is 5.75 Å². The smallest absolute Gasteiger partial charge is 0.387 e. The Morgan fingerprint density at radius 3 is 2.32 bits per heavy atom. The number of benzene rings is 2. The number of carbonyl (C=O) groups is 3. The molecule has 0 bridgehead atoms. The lowest BCUT2D eigenvalue weighted by Crippen LogP contribution is -2.35. The van der Waals surface area contributed by atoms with Gasteiger partial charge < -0.3 is 9.47 Å². The van der Waals surface area contributed by atoms with Gasteiger partial charge in [0.25, 0.3) is 11.8 Å². The molecular weight excluding hydrogens is 416 g/mol. The van der Waals surface area contributed by atoms with Gasteiger partial charge in [-0.15, -0.1) is 0 Å². The van der Waals surface area contributed by atoms with E-state index in [1.807, 2.05) is 5.32 Å². The molecule has 0 unspecified atom stereocenters. The fourth-order valence-electron chi connectivity index (χ4n) is 2.86. The number of aryl methyl sites for hydroxylation is 1. The van der Waals surface area contributed by atoms with Crippen molar-refractivity contribution in [1.82, 2.24) is 14.5 Å². The summed E-state index contributed by atoms with van der Waals surface area (Å²) >= 11 is 0. The quantitative estimate of drug-likeness (QED) is 0.565. The third kappa shape index (κ3) is 5.13. The molecule has 0 aliphatic rings. The van der Waals surface area contributed by atoms with Gasteiger partial charge in [0, 0.05) is 12.6 Å². The average molecular weight is 433 g/mol. The Balaban J connectivity index is 1.54. The van der Waals surface area contributed by atoms with E-state index in [4.69, 9.17) is 4.74 Å². The fraction of sp³-hybridized carbons (Fsp3) is 0.200. The molecule has 0 saturated carbocycles. The largest absolute Gasteiger partial charge is 0.454 e. The van der Waals surface area contributed by atoms with E-state index in [1.54, 1.807) is 31.3 Å². The zero-order valence-corrected chi connectivity index (χ0v) is 16.2. The van der Waals surface area contributed by atoms with Crippen LogP contribution in [0.4, 0.5) is 8.78 Å². The van der Waals surface area contributed by atoms with Crippen LogP contribution < -0.4 is 15.7 Å². The molecule has 0 fully saturated rings. The normalized spacial score (nSPS) is 10.8. The molecule has 0 aliphatic carbocycles. The van der Waals surface area contributed by atoms with E-state index in [9.17, 15) is 28.0 Å². The lowest BCUT2D eigenvalue weighted by Gasteiger charge is -2.08. The number of para-hydroxylation sites is 2. The highest BCUT2D eigenvalue weighted by Crippen LogP contribution is 2.15. The summed E-state index contributed by atoms with van der Waals surface area (Å²) in [4.78, 5) is 48.2. The van der Waals surface area contributed by atoms with Crippen LogP contribution in [0.25, 0.3) is 11.0 Å². The number of hydrogen-bond donors (Lipinski definition) is 1. The number of carbonyl (C=O) groups excluding carboxylic acids is 3. The van der Waals surface area contributed by atoms with Crippen molar-refractivity contribution < 1.29 is 32.6 Å². The molecule has 162 valence electrons. The van der Waals surface area contributed by atoms with Crippen LogP contribution >= 0.6 is 0 Å². The van der Waals surface area contributed by atoms with Gasteiger partial charge in [0.15, 0.2) is 6.61 Å². The number of halogens is 2. The average Bonchev–Trinajstić information content (AvgIpc) is 2.97. The standard InChI is InChI=1S/C20H17F2N3O6/c1-24-14-4-2-3-5-15(14)25(20(24)29)10-17(27)30-11-16(26)23-18(28)12-6-8-13(9-7-12)31-19(21)22/h2-9,19H,10-11H2,1H3,(H,23,26,28). The predicted molar refractivity (Wildman–Crippen MR) is 104 cm³/mol. The van der Waals surface area contributed by atoms with Gasteiger partial charge in [-0.3, -0.25) is 28.8 Å². The number of fused-ring (bicyclic) bond motifs is 1. The minimum absolute atomic E-state index is 0.0172. The minimum atomic E-state index is -3.00. The number of nitrogens with one attached hydrogen (secondary N) is 1. The fourth-order valence-corrected chi connectivity index (χ4v) is 2.86. The highest BCUT2D eigenvalue weighted by Gasteiger charge is 2.16. The summed E-state index contributed by atoms with van der Waals surface area (Å²) in [5.74, 6) is -2.68. The Hall–Kier alpha value is -4.02. The number of nitrogens with zero attached hydrogens (tertiary/aromatic N) is 2. The van der Waals surface area contributed by atoms with E-state index in [0.29, 0.717) is 11.0 Å². The summed E-state index contributed by atoms with van der Waals surface area (Å²) in [6.45, 7) is -4.15. The summed E-state index contributed by atoms with van der Waals surface area (Å²) < 4.78 is 35.9.